The van der Waals surface area contributed by atoms with Crippen molar-refractivity contribution in [3.63, 3.8) is 0 Å². The van der Waals surface area contributed by atoms with Crippen molar-refractivity contribution in [2.24, 2.45) is 0 Å². The smallest absolute Gasteiger partial charge is 0.319 e. The van der Waals surface area contributed by atoms with Gasteiger partial charge in [-0.05, 0) is 58.4 Å². The lowest BCUT2D eigenvalue weighted by atomic mass is 10.1. The predicted octanol–water partition coefficient (Wildman–Crippen LogP) is 3.37. The molecule has 0 unspecified atom stereocenters. The van der Waals surface area contributed by atoms with Crippen LogP contribution < -0.4 is 15.5 Å². The zero-order chi connectivity index (χ0) is 14.4. The van der Waals surface area contributed by atoms with Crippen molar-refractivity contribution in [1.29, 1.82) is 0 Å². The molecule has 0 heterocycles. The van der Waals surface area contributed by atoms with Crippen LogP contribution >= 0.6 is 0 Å². The summed E-state index contributed by atoms with van der Waals surface area (Å²) < 4.78 is 0. The minimum absolute atomic E-state index is 0.134. The third-order valence-corrected chi connectivity index (χ3v) is 3.01. The van der Waals surface area contributed by atoms with Gasteiger partial charge in [0.2, 0.25) is 0 Å². The van der Waals surface area contributed by atoms with Gasteiger partial charge in [-0.1, -0.05) is 0 Å². The molecule has 1 rings (SSSR count). The summed E-state index contributed by atoms with van der Waals surface area (Å²) in [5.41, 5.74) is 3.12. The Morgan fingerprint density at radius 1 is 1.26 bits per heavy atom. The first-order valence-corrected chi connectivity index (χ1v) is 6.91. The summed E-state index contributed by atoms with van der Waals surface area (Å²) in [5.74, 6) is 0. The summed E-state index contributed by atoms with van der Waals surface area (Å²) in [6, 6.07) is 6.09. The van der Waals surface area contributed by atoms with Gasteiger partial charge in [-0.25, -0.2) is 4.79 Å². The average molecular weight is 263 g/mol. The second kappa shape index (κ2) is 7.02. The van der Waals surface area contributed by atoms with Crippen LogP contribution in [0.25, 0.3) is 0 Å². The molecule has 106 valence electrons. The molecule has 4 nitrogen and oxygen atoms in total. The van der Waals surface area contributed by atoms with E-state index in [0.717, 1.165) is 24.3 Å². The Hall–Kier alpha value is -1.71. The first kappa shape index (κ1) is 15.3. The number of urea groups is 1. The second-order valence-electron chi connectivity index (χ2n) is 4.92. The van der Waals surface area contributed by atoms with E-state index in [9.17, 15) is 4.79 Å². The lowest BCUT2D eigenvalue weighted by molar-refractivity contribution is 0.250. The molecule has 0 aliphatic carbocycles. The van der Waals surface area contributed by atoms with Crippen molar-refractivity contribution in [2.75, 3.05) is 23.3 Å². The Morgan fingerprint density at radius 2 is 1.89 bits per heavy atom. The molecular formula is C15H25N3O. The number of rotatable bonds is 5. The SMILES string of the molecule is CCN(CC)c1ccc(NC(=O)NC(C)C)c(C)c1. The van der Waals surface area contributed by atoms with E-state index in [0.29, 0.717) is 0 Å². The number of nitrogens with zero attached hydrogens (tertiary/aromatic N) is 1. The Balaban J connectivity index is 2.80. The van der Waals surface area contributed by atoms with Crippen molar-refractivity contribution in [2.45, 2.75) is 40.7 Å². The molecule has 1 aromatic rings. The van der Waals surface area contributed by atoms with Gasteiger partial charge in [-0.3, -0.25) is 0 Å². The van der Waals surface area contributed by atoms with E-state index in [-0.39, 0.29) is 12.1 Å². The van der Waals surface area contributed by atoms with Gasteiger partial charge >= 0.3 is 6.03 Å². The van der Waals surface area contributed by atoms with Gasteiger partial charge in [0.25, 0.3) is 0 Å². The molecule has 0 saturated carbocycles. The van der Waals surface area contributed by atoms with Gasteiger partial charge in [0.1, 0.15) is 0 Å². The largest absolute Gasteiger partial charge is 0.372 e. The maximum absolute atomic E-state index is 11.7. The summed E-state index contributed by atoms with van der Waals surface area (Å²) in [5, 5.41) is 5.69. The number of benzene rings is 1. The highest BCUT2D eigenvalue weighted by atomic mass is 16.2. The number of nitrogens with one attached hydrogen (secondary N) is 2. The fourth-order valence-electron chi connectivity index (χ4n) is 1.99. The minimum atomic E-state index is -0.159. The lowest BCUT2D eigenvalue weighted by Crippen LogP contribution is -2.34. The Labute approximate surface area is 116 Å². The van der Waals surface area contributed by atoms with E-state index in [4.69, 9.17) is 0 Å². The number of carbonyl (C=O) groups is 1. The summed E-state index contributed by atoms with van der Waals surface area (Å²) in [6.07, 6.45) is 0. The zero-order valence-corrected chi connectivity index (χ0v) is 12.6. The second-order valence-corrected chi connectivity index (χ2v) is 4.92. The summed E-state index contributed by atoms with van der Waals surface area (Å²) >= 11 is 0. The van der Waals surface area contributed by atoms with E-state index in [1.807, 2.05) is 32.9 Å². The van der Waals surface area contributed by atoms with Crippen LogP contribution in [-0.4, -0.2) is 25.2 Å². The number of amides is 2. The fourth-order valence-corrected chi connectivity index (χ4v) is 1.99. The topological polar surface area (TPSA) is 44.4 Å². The molecule has 0 atom stereocenters. The van der Waals surface area contributed by atoms with E-state index < -0.39 is 0 Å². The molecule has 4 heteroatoms. The van der Waals surface area contributed by atoms with E-state index in [1.165, 1.54) is 5.69 Å². The first-order valence-electron chi connectivity index (χ1n) is 6.91. The molecule has 0 aromatic heterocycles. The number of carbonyl (C=O) groups excluding carboxylic acids is 1. The van der Waals surface area contributed by atoms with Crippen LogP contribution in [0.4, 0.5) is 16.2 Å². The van der Waals surface area contributed by atoms with Crippen molar-refractivity contribution < 1.29 is 4.79 Å². The predicted molar refractivity (Wildman–Crippen MR) is 82.0 cm³/mol. The normalized spacial score (nSPS) is 10.4. The molecule has 1 aromatic carbocycles. The quantitative estimate of drug-likeness (QED) is 0.855. The Kier molecular flexibility index (Phi) is 5.67. The van der Waals surface area contributed by atoms with Gasteiger partial charge in [-0.15, -0.1) is 0 Å². The summed E-state index contributed by atoms with van der Waals surface area (Å²) in [6.45, 7) is 12.1. The fraction of sp³-hybridized carbons (Fsp3) is 0.533. The third-order valence-electron chi connectivity index (χ3n) is 3.01. The standard InChI is InChI=1S/C15H25N3O/c1-6-18(7-2)13-8-9-14(12(5)10-13)17-15(19)16-11(3)4/h8-11H,6-7H2,1-5H3,(H2,16,17,19). The van der Waals surface area contributed by atoms with Crippen molar-refractivity contribution in [3.05, 3.63) is 23.8 Å². The van der Waals surface area contributed by atoms with Gasteiger partial charge in [0.05, 0.1) is 0 Å². The summed E-state index contributed by atoms with van der Waals surface area (Å²) in [4.78, 5) is 14.0. The molecule has 2 amide bonds. The minimum Gasteiger partial charge on any atom is -0.372 e. The van der Waals surface area contributed by atoms with Crippen molar-refractivity contribution in [1.82, 2.24) is 5.32 Å². The van der Waals surface area contributed by atoms with E-state index in [2.05, 4.69) is 35.4 Å². The molecule has 0 spiro atoms. The highest BCUT2D eigenvalue weighted by Gasteiger charge is 2.08. The van der Waals surface area contributed by atoms with Gasteiger partial charge in [0.15, 0.2) is 0 Å². The van der Waals surface area contributed by atoms with Crippen LogP contribution in [0, 0.1) is 6.92 Å². The lowest BCUT2D eigenvalue weighted by Gasteiger charge is -2.22. The molecule has 0 radical (unpaired) electrons. The number of aryl methyl sites for hydroxylation is 1. The van der Waals surface area contributed by atoms with Gasteiger partial charge in [0, 0.05) is 30.5 Å². The van der Waals surface area contributed by atoms with Crippen molar-refractivity contribution in [3.8, 4) is 0 Å². The van der Waals surface area contributed by atoms with Crippen LogP contribution in [0.3, 0.4) is 0 Å². The highest BCUT2D eigenvalue weighted by Crippen LogP contribution is 2.22. The van der Waals surface area contributed by atoms with E-state index >= 15 is 0 Å². The van der Waals surface area contributed by atoms with Crippen LogP contribution in [0.1, 0.15) is 33.3 Å². The number of hydrogen-bond acceptors (Lipinski definition) is 2. The summed E-state index contributed by atoms with van der Waals surface area (Å²) in [7, 11) is 0. The Morgan fingerprint density at radius 3 is 2.37 bits per heavy atom. The van der Waals surface area contributed by atoms with Crippen LogP contribution in [0.15, 0.2) is 18.2 Å². The average Bonchev–Trinajstić information content (AvgIpc) is 2.33. The van der Waals surface area contributed by atoms with Gasteiger partial charge in [-0.2, -0.15) is 0 Å². The van der Waals surface area contributed by atoms with Crippen LogP contribution in [-0.2, 0) is 0 Å². The van der Waals surface area contributed by atoms with Gasteiger partial charge < -0.3 is 15.5 Å². The molecule has 19 heavy (non-hydrogen) atoms. The maximum atomic E-state index is 11.7. The molecule has 0 saturated heterocycles. The molecule has 0 aliphatic heterocycles. The van der Waals surface area contributed by atoms with Crippen molar-refractivity contribution >= 4 is 17.4 Å². The monoisotopic (exact) mass is 263 g/mol. The van der Waals surface area contributed by atoms with E-state index in [1.54, 1.807) is 0 Å². The third kappa shape index (κ3) is 4.47. The molecular weight excluding hydrogens is 238 g/mol. The molecule has 0 bridgehead atoms. The molecule has 0 aliphatic rings. The molecule has 2 N–H and O–H groups in total. The molecule has 0 fully saturated rings. The number of hydrogen-bond donors (Lipinski definition) is 2. The van der Waals surface area contributed by atoms with Crippen LogP contribution in [0.2, 0.25) is 0 Å². The Bertz CT molecular complexity index is 425. The maximum Gasteiger partial charge on any atom is 0.319 e. The number of anilines is 2. The highest BCUT2D eigenvalue weighted by molar-refractivity contribution is 5.90. The zero-order valence-electron chi connectivity index (χ0n) is 12.6. The van der Waals surface area contributed by atoms with Crippen LogP contribution in [0.5, 0.6) is 0 Å². The first-order chi connectivity index (χ1) is 8.97.